The molecule has 0 bridgehead atoms. The quantitative estimate of drug-likeness (QED) is 0.525. The van der Waals surface area contributed by atoms with Gasteiger partial charge in [-0.15, -0.1) is 11.8 Å². The van der Waals surface area contributed by atoms with Gasteiger partial charge in [-0.25, -0.2) is 0 Å². The zero-order valence-corrected chi connectivity index (χ0v) is 17.5. The van der Waals surface area contributed by atoms with E-state index < -0.39 is 6.04 Å². The maximum Gasteiger partial charge on any atom is 0.241 e. The Labute approximate surface area is 176 Å². The van der Waals surface area contributed by atoms with Crippen molar-refractivity contribution in [1.82, 2.24) is 10.2 Å². The summed E-state index contributed by atoms with van der Waals surface area (Å²) in [6.07, 6.45) is 9.13. The first kappa shape index (κ1) is 20.4. The van der Waals surface area contributed by atoms with Gasteiger partial charge in [0.1, 0.15) is 18.1 Å². The third-order valence-electron chi connectivity index (χ3n) is 6.19. The molecule has 6 heteroatoms. The lowest BCUT2D eigenvalue weighted by molar-refractivity contribution is -0.137. The first-order chi connectivity index (χ1) is 14.2. The summed E-state index contributed by atoms with van der Waals surface area (Å²) < 4.78 is 0. The number of amides is 1. The van der Waals surface area contributed by atoms with Crippen LogP contribution in [-0.4, -0.2) is 52.6 Å². The number of hydrogen-bond acceptors (Lipinski definition) is 5. The number of carbonyl (C=O) groups is 3. The molecule has 0 spiro atoms. The van der Waals surface area contributed by atoms with Gasteiger partial charge in [-0.2, -0.15) is 0 Å². The third kappa shape index (κ3) is 4.48. The number of Topliss-reactive ketones (excluding diaryl/α,β-unsaturated/α-hetero) is 1. The number of carbonyl (C=O) groups excluding carboxylic acids is 3. The molecule has 1 amide bonds. The Morgan fingerprint density at radius 3 is 2.93 bits per heavy atom. The second kappa shape index (κ2) is 9.26. The SMILES string of the molecule is O=C[C@@H]1CCCN1C(=O)[C@H]1NCSC1C(=O)CCCCC1=Cc2ccccc2C1. The molecule has 3 atom stereocenters. The van der Waals surface area contributed by atoms with Crippen molar-refractivity contribution in [2.75, 3.05) is 12.4 Å². The molecule has 1 aliphatic carbocycles. The lowest BCUT2D eigenvalue weighted by atomic mass is 10.0. The number of likely N-dealkylation sites (tertiary alicyclic amines) is 1. The highest BCUT2D eigenvalue weighted by atomic mass is 32.2. The van der Waals surface area contributed by atoms with E-state index in [0.29, 0.717) is 18.8 Å². The normalized spacial score (nSPS) is 25.7. The Kier molecular flexibility index (Phi) is 6.50. The number of allylic oxidation sites excluding steroid dienone is 1. The highest BCUT2D eigenvalue weighted by molar-refractivity contribution is 8.00. The van der Waals surface area contributed by atoms with Crippen LogP contribution in [0.25, 0.3) is 6.08 Å². The van der Waals surface area contributed by atoms with Gasteiger partial charge in [0.2, 0.25) is 5.91 Å². The molecule has 4 rings (SSSR count). The van der Waals surface area contributed by atoms with Crippen LogP contribution in [0.5, 0.6) is 0 Å². The van der Waals surface area contributed by atoms with Gasteiger partial charge >= 0.3 is 0 Å². The van der Waals surface area contributed by atoms with E-state index >= 15 is 0 Å². The van der Waals surface area contributed by atoms with Crippen molar-refractivity contribution in [2.24, 2.45) is 0 Å². The van der Waals surface area contributed by atoms with Gasteiger partial charge < -0.3 is 9.69 Å². The van der Waals surface area contributed by atoms with Gasteiger partial charge in [-0.3, -0.25) is 14.9 Å². The molecule has 0 radical (unpaired) electrons. The van der Waals surface area contributed by atoms with Crippen LogP contribution in [0.3, 0.4) is 0 Å². The average molecular weight is 413 g/mol. The number of unbranched alkanes of at least 4 members (excludes halogenated alkanes) is 1. The van der Waals surface area contributed by atoms with Crippen molar-refractivity contribution in [3.8, 4) is 0 Å². The Bertz CT molecular complexity index is 822. The molecule has 5 nitrogen and oxygen atoms in total. The molecule has 1 N–H and O–H groups in total. The number of hydrogen-bond donors (Lipinski definition) is 1. The molecular weight excluding hydrogens is 384 g/mol. The summed E-state index contributed by atoms with van der Waals surface area (Å²) in [6.45, 7) is 0.615. The highest BCUT2D eigenvalue weighted by Crippen LogP contribution is 2.29. The van der Waals surface area contributed by atoms with Crippen LogP contribution in [0, 0.1) is 0 Å². The second-order valence-electron chi connectivity index (χ2n) is 8.14. The summed E-state index contributed by atoms with van der Waals surface area (Å²) in [7, 11) is 0. The van der Waals surface area contributed by atoms with Gasteiger partial charge in [0.25, 0.3) is 0 Å². The van der Waals surface area contributed by atoms with E-state index in [1.807, 2.05) is 0 Å². The molecule has 2 aliphatic heterocycles. The number of aldehydes is 1. The van der Waals surface area contributed by atoms with E-state index in [4.69, 9.17) is 0 Å². The first-order valence-electron chi connectivity index (χ1n) is 10.6. The molecule has 1 aromatic rings. The van der Waals surface area contributed by atoms with Gasteiger partial charge in [0.05, 0.1) is 11.3 Å². The Balaban J connectivity index is 1.24. The predicted molar refractivity (Wildman–Crippen MR) is 116 cm³/mol. The first-order valence-corrected chi connectivity index (χ1v) is 11.6. The van der Waals surface area contributed by atoms with Crippen LogP contribution >= 0.6 is 11.8 Å². The molecule has 154 valence electrons. The number of thioether (sulfide) groups is 1. The summed E-state index contributed by atoms with van der Waals surface area (Å²) in [5.74, 6) is 0.679. The maximum atomic E-state index is 12.9. The zero-order chi connectivity index (χ0) is 20.2. The van der Waals surface area contributed by atoms with E-state index in [2.05, 4.69) is 35.7 Å². The zero-order valence-electron chi connectivity index (χ0n) is 16.6. The van der Waals surface area contributed by atoms with Crippen molar-refractivity contribution in [3.63, 3.8) is 0 Å². The number of nitrogens with one attached hydrogen (secondary N) is 1. The number of ketones is 1. The van der Waals surface area contributed by atoms with E-state index in [-0.39, 0.29) is 23.0 Å². The fourth-order valence-electron chi connectivity index (χ4n) is 4.62. The van der Waals surface area contributed by atoms with Crippen molar-refractivity contribution < 1.29 is 14.4 Å². The molecule has 29 heavy (non-hydrogen) atoms. The van der Waals surface area contributed by atoms with Crippen molar-refractivity contribution in [1.29, 1.82) is 0 Å². The minimum absolute atomic E-state index is 0.0863. The van der Waals surface area contributed by atoms with Crippen LogP contribution in [-0.2, 0) is 20.8 Å². The fraction of sp³-hybridized carbons (Fsp3) is 0.522. The molecule has 0 aromatic heterocycles. The minimum atomic E-state index is -0.486. The van der Waals surface area contributed by atoms with Crippen molar-refractivity contribution >= 4 is 35.8 Å². The average Bonchev–Trinajstić information content (AvgIpc) is 3.48. The lowest BCUT2D eigenvalue weighted by Gasteiger charge is -2.26. The number of fused-ring (bicyclic) bond motifs is 1. The van der Waals surface area contributed by atoms with Crippen LogP contribution < -0.4 is 5.32 Å². The molecule has 2 saturated heterocycles. The standard InChI is InChI=1S/C23H28N2O3S/c26-14-19-9-5-11-25(19)23(28)21-22(29-15-24-21)20(27)10-4-1-6-16-12-17-7-2-3-8-18(17)13-16/h2-3,7-8,12,14,19,21-22,24H,1,4-6,9-11,13,15H2/t19-,21-,22?/m0/s1. The fourth-order valence-corrected chi connectivity index (χ4v) is 5.78. The van der Waals surface area contributed by atoms with E-state index in [0.717, 1.165) is 44.8 Å². The maximum absolute atomic E-state index is 12.9. The molecular formula is C23H28N2O3S. The summed E-state index contributed by atoms with van der Waals surface area (Å²) in [5, 5.41) is 2.85. The van der Waals surface area contributed by atoms with E-state index in [1.54, 1.807) is 4.90 Å². The Morgan fingerprint density at radius 2 is 2.10 bits per heavy atom. The minimum Gasteiger partial charge on any atom is -0.332 e. The third-order valence-corrected chi connectivity index (χ3v) is 7.42. The number of benzene rings is 1. The van der Waals surface area contributed by atoms with Gasteiger partial charge in [-0.05, 0) is 49.7 Å². The molecule has 2 heterocycles. The molecule has 3 aliphatic rings. The summed E-state index contributed by atoms with van der Waals surface area (Å²) in [4.78, 5) is 38.5. The largest absolute Gasteiger partial charge is 0.332 e. The number of rotatable bonds is 8. The monoisotopic (exact) mass is 412 g/mol. The predicted octanol–water partition coefficient (Wildman–Crippen LogP) is 2.98. The van der Waals surface area contributed by atoms with Crippen LogP contribution in [0.4, 0.5) is 0 Å². The smallest absolute Gasteiger partial charge is 0.241 e. The van der Waals surface area contributed by atoms with Crippen LogP contribution in [0.2, 0.25) is 0 Å². The molecule has 0 saturated carbocycles. The van der Waals surface area contributed by atoms with E-state index in [1.165, 1.54) is 28.5 Å². The summed E-state index contributed by atoms with van der Waals surface area (Å²) in [5.41, 5.74) is 4.16. The number of nitrogens with zero attached hydrogens (tertiary/aromatic N) is 1. The van der Waals surface area contributed by atoms with Crippen molar-refractivity contribution in [3.05, 3.63) is 41.0 Å². The van der Waals surface area contributed by atoms with Crippen molar-refractivity contribution in [2.45, 2.75) is 62.3 Å². The summed E-state index contributed by atoms with van der Waals surface area (Å²) >= 11 is 1.52. The molecule has 1 aromatic carbocycles. The molecule has 1 unspecified atom stereocenters. The van der Waals surface area contributed by atoms with E-state index in [9.17, 15) is 14.4 Å². The van der Waals surface area contributed by atoms with Gasteiger partial charge in [0, 0.05) is 18.8 Å². The summed E-state index contributed by atoms with van der Waals surface area (Å²) in [6, 6.07) is 7.68. The Hall–Kier alpha value is -1.92. The van der Waals surface area contributed by atoms with Gasteiger partial charge in [-0.1, -0.05) is 35.9 Å². The topological polar surface area (TPSA) is 66.5 Å². The highest BCUT2D eigenvalue weighted by Gasteiger charge is 2.42. The molecule has 2 fully saturated rings. The van der Waals surface area contributed by atoms with Gasteiger partial charge in [0.15, 0.2) is 0 Å². The second-order valence-corrected chi connectivity index (χ2v) is 9.27. The van der Waals surface area contributed by atoms with Crippen LogP contribution in [0.15, 0.2) is 29.8 Å². The van der Waals surface area contributed by atoms with Crippen LogP contribution in [0.1, 0.15) is 49.7 Å². The lowest BCUT2D eigenvalue weighted by Crippen LogP contribution is -2.51. The Morgan fingerprint density at radius 1 is 1.24 bits per heavy atom.